The minimum Gasteiger partial charge on any atom is -0.300 e. The van der Waals surface area contributed by atoms with Crippen LogP contribution in [0.4, 0.5) is 0 Å². The Kier molecular flexibility index (Phi) is 2.20. The van der Waals surface area contributed by atoms with E-state index in [1.807, 2.05) is 6.07 Å². The lowest BCUT2D eigenvalue weighted by Crippen LogP contribution is -2.24. The maximum Gasteiger partial charge on any atom is 0.134 e. The van der Waals surface area contributed by atoms with Gasteiger partial charge in [-0.1, -0.05) is 42.5 Å². The van der Waals surface area contributed by atoms with E-state index in [1.165, 1.54) is 12.0 Å². The molecular weight excluding hydrogens is 196 g/mol. The van der Waals surface area contributed by atoms with Crippen LogP contribution in [0, 0.1) is 17.8 Å². The number of carbonyl (C=O) groups is 1. The van der Waals surface area contributed by atoms with E-state index in [-0.39, 0.29) is 5.92 Å². The fourth-order valence-corrected chi connectivity index (χ4v) is 3.51. The summed E-state index contributed by atoms with van der Waals surface area (Å²) in [4.78, 5) is 11.8. The molecule has 0 amide bonds. The van der Waals surface area contributed by atoms with Crippen LogP contribution in [-0.2, 0) is 4.79 Å². The second-order valence-electron chi connectivity index (χ2n) is 5.02. The Labute approximate surface area is 96.2 Å². The summed E-state index contributed by atoms with van der Waals surface area (Å²) in [6.07, 6.45) is 5.72. The Bertz CT molecular complexity index is 432. The molecular formula is C15H16O. The molecule has 2 aliphatic rings. The highest BCUT2D eigenvalue weighted by atomic mass is 16.1. The standard InChI is InChI=1S/C15H16O/c1-10(16)14-12-7-8-13(9-12)15(14)11-5-3-2-4-6-11/h2-8,12-15H,9H2,1H3/t12-,13+,14-,15-/m0/s1. The molecule has 3 rings (SSSR count). The average Bonchev–Trinajstić information content (AvgIpc) is 2.89. The van der Waals surface area contributed by atoms with E-state index in [0.717, 1.165) is 0 Å². The van der Waals surface area contributed by atoms with Crippen LogP contribution in [0.3, 0.4) is 0 Å². The quantitative estimate of drug-likeness (QED) is 0.688. The summed E-state index contributed by atoms with van der Waals surface area (Å²) < 4.78 is 0. The number of Topliss-reactive ketones (excluding diaryl/α,β-unsaturated/α-hetero) is 1. The molecule has 4 atom stereocenters. The normalized spacial score (nSPS) is 35.6. The number of fused-ring (bicyclic) bond motifs is 2. The molecule has 0 radical (unpaired) electrons. The first-order valence-corrected chi connectivity index (χ1v) is 6.01. The molecule has 1 aromatic rings. The van der Waals surface area contributed by atoms with E-state index in [4.69, 9.17) is 0 Å². The lowest BCUT2D eigenvalue weighted by Gasteiger charge is -2.26. The van der Waals surface area contributed by atoms with E-state index in [2.05, 4.69) is 36.4 Å². The number of hydrogen-bond acceptors (Lipinski definition) is 1. The van der Waals surface area contributed by atoms with Crippen LogP contribution in [0.5, 0.6) is 0 Å². The summed E-state index contributed by atoms with van der Waals surface area (Å²) >= 11 is 0. The van der Waals surface area contributed by atoms with Crippen LogP contribution in [0.25, 0.3) is 0 Å². The van der Waals surface area contributed by atoms with Crippen LogP contribution in [0.1, 0.15) is 24.8 Å². The van der Waals surface area contributed by atoms with Crippen molar-refractivity contribution in [3.63, 3.8) is 0 Å². The molecule has 2 aliphatic carbocycles. The molecule has 0 unspecified atom stereocenters. The first-order chi connectivity index (χ1) is 7.77. The molecule has 1 heteroatoms. The lowest BCUT2D eigenvalue weighted by atomic mass is 9.77. The van der Waals surface area contributed by atoms with Crippen LogP contribution >= 0.6 is 0 Å². The molecule has 0 heterocycles. The van der Waals surface area contributed by atoms with E-state index >= 15 is 0 Å². The summed E-state index contributed by atoms with van der Waals surface area (Å²) in [5.74, 6) is 2.07. The van der Waals surface area contributed by atoms with E-state index in [9.17, 15) is 4.79 Å². The van der Waals surface area contributed by atoms with Crippen molar-refractivity contribution in [2.24, 2.45) is 17.8 Å². The van der Waals surface area contributed by atoms with Crippen molar-refractivity contribution in [3.8, 4) is 0 Å². The summed E-state index contributed by atoms with van der Waals surface area (Å²) in [7, 11) is 0. The monoisotopic (exact) mass is 212 g/mol. The zero-order valence-corrected chi connectivity index (χ0v) is 9.47. The van der Waals surface area contributed by atoms with Gasteiger partial charge in [0.05, 0.1) is 0 Å². The van der Waals surface area contributed by atoms with Gasteiger partial charge in [0.2, 0.25) is 0 Å². The highest BCUT2D eigenvalue weighted by Crippen LogP contribution is 2.53. The number of allylic oxidation sites excluding steroid dienone is 2. The first-order valence-electron chi connectivity index (χ1n) is 6.01. The topological polar surface area (TPSA) is 17.1 Å². The summed E-state index contributed by atoms with van der Waals surface area (Å²) in [5, 5.41) is 0. The molecule has 16 heavy (non-hydrogen) atoms. The molecule has 2 bridgehead atoms. The van der Waals surface area contributed by atoms with Gasteiger partial charge in [-0.15, -0.1) is 0 Å². The molecule has 1 saturated carbocycles. The number of benzene rings is 1. The smallest absolute Gasteiger partial charge is 0.134 e. The first kappa shape index (κ1) is 9.83. The molecule has 0 aromatic heterocycles. The molecule has 0 spiro atoms. The zero-order valence-electron chi connectivity index (χ0n) is 9.47. The molecule has 1 nitrogen and oxygen atoms in total. The Hall–Kier alpha value is -1.37. The second-order valence-corrected chi connectivity index (χ2v) is 5.02. The SMILES string of the molecule is CC(=O)[C@@H]1[C@@H](c2ccccc2)[C@@H]2C=C[C@H]1C2. The van der Waals surface area contributed by atoms with Crippen LogP contribution in [0.15, 0.2) is 42.5 Å². The van der Waals surface area contributed by atoms with Gasteiger partial charge in [-0.25, -0.2) is 0 Å². The van der Waals surface area contributed by atoms with E-state index in [1.54, 1.807) is 6.92 Å². The molecule has 0 N–H and O–H groups in total. The Balaban J connectivity index is 2.00. The van der Waals surface area contributed by atoms with Crippen molar-refractivity contribution in [1.29, 1.82) is 0 Å². The highest BCUT2D eigenvalue weighted by molar-refractivity contribution is 5.81. The fourth-order valence-electron chi connectivity index (χ4n) is 3.51. The summed E-state index contributed by atoms with van der Waals surface area (Å²) in [6, 6.07) is 10.5. The van der Waals surface area contributed by atoms with Crippen LogP contribution in [-0.4, -0.2) is 5.78 Å². The highest BCUT2D eigenvalue weighted by Gasteiger charge is 2.46. The molecule has 0 aliphatic heterocycles. The van der Waals surface area contributed by atoms with Crippen LogP contribution < -0.4 is 0 Å². The predicted molar refractivity (Wildman–Crippen MR) is 64.1 cm³/mol. The summed E-state index contributed by atoms with van der Waals surface area (Å²) in [5.41, 5.74) is 1.33. The Morgan fingerprint density at radius 1 is 1.12 bits per heavy atom. The second kappa shape index (κ2) is 3.58. The van der Waals surface area contributed by atoms with Gasteiger partial charge in [-0.3, -0.25) is 4.79 Å². The van der Waals surface area contributed by atoms with Crippen LogP contribution in [0.2, 0.25) is 0 Å². The molecule has 82 valence electrons. The number of carbonyl (C=O) groups excluding carboxylic acids is 1. The number of rotatable bonds is 2. The average molecular weight is 212 g/mol. The molecule has 0 saturated heterocycles. The minimum atomic E-state index is 0.220. The van der Waals surface area contributed by atoms with Gasteiger partial charge in [-0.05, 0) is 30.7 Å². The maximum atomic E-state index is 11.8. The Morgan fingerprint density at radius 2 is 1.81 bits per heavy atom. The van der Waals surface area contributed by atoms with Crippen molar-refractivity contribution in [2.75, 3.05) is 0 Å². The zero-order chi connectivity index (χ0) is 11.1. The molecule has 1 aromatic carbocycles. The lowest BCUT2D eigenvalue weighted by molar-refractivity contribution is -0.121. The van der Waals surface area contributed by atoms with Gasteiger partial charge in [0.15, 0.2) is 0 Å². The fraction of sp³-hybridized carbons (Fsp3) is 0.400. The van der Waals surface area contributed by atoms with Gasteiger partial charge in [0.25, 0.3) is 0 Å². The molecule has 1 fully saturated rings. The van der Waals surface area contributed by atoms with Gasteiger partial charge in [0.1, 0.15) is 5.78 Å². The minimum absolute atomic E-state index is 0.220. The third-order valence-electron chi connectivity index (χ3n) is 4.11. The van der Waals surface area contributed by atoms with Gasteiger partial charge in [-0.2, -0.15) is 0 Å². The van der Waals surface area contributed by atoms with E-state index in [0.29, 0.717) is 23.5 Å². The number of hydrogen-bond donors (Lipinski definition) is 0. The van der Waals surface area contributed by atoms with Crippen molar-refractivity contribution in [3.05, 3.63) is 48.0 Å². The Morgan fingerprint density at radius 3 is 2.50 bits per heavy atom. The third-order valence-corrected chi connectivity index (χ3v) is 4.11. The number of ketones is 1. The third kappa shape index (κ3) is 1.35. The van der Waals surface area contributed by atoms with Gasteiger partial charge in [0, 0.05) is 11.8 Å². The van der Waals surface area contributed by atoms with Gasteiger partial charge >= 0.3 is 0 Å². The van der Waals surface area contributed by atoms with E-state index < -0.39 is 0 Å². The van der Waals surface area contributed by atoms with Crippen molar-refractivity contribution < 1.29 is 4.79 Å². The summed E-state index contributed by atoms with van der Waals surface area (Å²) in [6.45, 7) is 1.75. The van der Waals surface area contributed by atoms with Crippen molar-refractivity contribution in [2.45, 2.75) is 19.3 Å². The maximum absolute atomic E-state index is 11.8. The van der Waals surface area contributed by atoms with Crippen molar-refractivity contribution >= 4 is 5.78 Å². The van der Waals surface area contributed by atoms with Gasteiger partial charge < -0.3 is 0 Å². The largest absolute Gasteiger partial charge is 0.300 e. The van der Waals surface area contributed by atoms with Crippen molar-refractivity contribution in [1.82, 2.24) is 0 Å². The predicted octanol–water partition coefficient (Wildman–Crippen LogP) is 3.18.